The summed E-state index contributed by atoms with van der Waals surface area (Å²) in [6, 6.07) is 13.0. The van der Waals surface area contributed by atoms with Crippen molar-refractivity contribution in [2.45, 2.75) is 26.7 Å². The molecule has 2 aromatic carbocycles. The number of hydrogen-bond acceptors (Lipinski definition) is 3. The van der Waals surface area contributed by atoms with Gasteiger partial charge >= 0.3 is 0 Å². The first-order valence-corrected chi connectivity index (χ1v) is 10.9. The van der Waals surface area contributed by atoms with Crippen LogP contribution in [0.4, 0.5) is 11.4 Å². The zero-order chi connectivity index (χ0) is 19.3. The second-order valence-electron chi connectivity index (χ2n) is 6.31. The van der Waals surface area contributed by atoms with Crippen molar-refractivity contribution in [1.82, 2.24) is 0 Å². The van der Waals surface area contributed by atoms with Gasteiger partial charge in [-0.1, -0.05) is 18.2 Å². The molecule has 0 bridgehead atoms. The average molecular weight is 439 g/mol. The minimum Gasteiger partial charge on any atom is -0.325 e. The summed E-state index contributed by atoms with van der Waals surface area (Å²) in [6.45, 7) is 4.12. The van der Waals surface area contributed by atoms with Crippen LogP contribution < -0.4 is 9.62 Å². The van der Waals surface area contributed by atoms with Crippen molar-refractivity contribution in [3.05, 3.63) is 58.1 Å². The van der Waals surface area contributed by atoms with Gasteiger partial charge in [-0.25, -0.2) is 8.42 Å². The SMILES string of the molecule is Cc1cc(C)cc(N(CCCC(=O)Nc2ccccc2Br)S(C)(=O)=O)c1. The number of amides is 1. The molecular weight excluding hydrogens is 416 g/mol. The van der Waals surface area contributed by atoms with Gasteiger partial charge in [0.05, 0.1) is 17.6 Å². The highest BCUT2D eigenvalue weighted by Crippen LogP contribution is 2.23. The molecule has 0 unspecified atom stereocenters. The number of aryl methyl sites for hydroxylation is 2. The molecule has 0 spiro atoms. The van der Waals surface area contributed by atoms with Crippen LogP contribution in [0.5, 0.6) is 0 Å². The summed E-state index contributed by atoms with van der Waals surface area (Å²) in [6.07, 6.45) is 1.85. The first-order chi connectivity index (χ1) is 12.2. The molecule has 0 heterocycles. The first-order valence-electron chi connectivity index (χ1n) is 8.27. The van der Waals surface area contributed by atoms with E-state index in [9.17, 15) is 13.2 Å². The van der Waals surface area contributed by atoms with Gasteiger partial charge < -0.3 is 5.32 Å². The standard InChI is InChI=1S/C19H23BrN2O3S/c1-14-11-15(2)13-16(12-14)22(26(3,24)25)10-6-9-19(23)21-18-8-5-4-7-17(18)20/h4-5,7-8,11-13H,6,9-10H2,1-3H3,(H,21,23). The summed E-state index contributed by atoms with van der Waals surface area (Å²) in [4.78, 5) is 12.1. The Bertz CT molecular complexity index is 877. The van der Waals surface area contributed by atoms with E-state index in [0.29, 0.717) is 17.8 Å². The van der Waals surface area contributed by atoms with Crippen molar-refractivity contribution in [2.24, 2.45) is 0 Å². The molecule has 0 fully saturated rings. The molecule has 1 amide bonds. The molecule has 0 aromatic heterocycles. The van der Waals surface area contributed by atoms with Gasteiger partial charge in [0.2, 0.25) is 15.9 Å². The molecule has 0 saturated carbocycles. The fourth-order valence-electron chi connectivity index (χ4n) is 2.74. The molecule has 1 N–H and O–H groups in total. The third-order valence-electron chi connectivity index (χ3n) is 3.81. The van der Waals surface area contributed by atoms with Crippen LogP contribution >= 0.6 is 15.9 Å². The summed E-state index contributed by atoms with van der Waals surface area (Å²) < 4.78 is 26.5. The van der Waals surface area contributed by atoms with E-state index in [1.54, 1.807) is 6.07 Å². The molecule has 2 rings (SSSR count). The smallest absolute Gasteiger partial charge is 0.232 e. The monoisotopic (exact) mass is 438 g/mol. The summed E-state index contributed by atoms with van der Waals surface area (Å²) in [7, 11) is -3.42. The van der Waals surface area contributed by atoms with Crippen LogP contribution in [0.25, 0.3) is 0 Å². The second kappa shape index (κ2) is 8.68. The van der Waals surface area contributed by atoms with E-state index in [1.807, 2.05) is 50.2 Å². The maximum Gasteiger partial charge on any atom is 0.232 e. The predicted molar refractivity (Wildman–Crippen MR) is 110 cm³/mol. The van der Waals surface area contributed by atoms with Crippen LogP contribution in [-0.2, 0) is 14.8 Å². The number of benzene rings is 2. The number of nitrogens with one attached hydrogen (secondary N) is 1. The van der Waals surface area contributed by atoms with E-state index in [4.69, 9.17) is 0 Å². The Morgan fingerprint density at radius 2 is 1.73 bits per heavy atom. The lowest BCUT2D eigenvalue weighted by molar-refractivity contribution is -0.116. The third-order valence-corrected chi connectivity index (χ3v) is 5.69. The van der Waals surface area contributed by atoms with Crippen molar-refractivity contribution in [3.8, 4) is 0 Å². The van der Waals surface area contributed by atoms with Crippen molar-refractivity contribution < 1.29 is 13.2 Å². The molecule has 0 saturated heterocycles. The Hall–Kier alpha value is -1.86. The van der Waals surface area contributed by atoms with Crippen molar-refractivity contribution in [2.75, 3.05) is 22.4 Å². The number of para-hydroxylation sites is 1. The Kier molecular flexibility index (Phi) is 6.83. The summed E-state index contributed by atoms with van der Waals surface area (Å²) in [5.74, 6) is -0.147. The number of carbonyl (C=O) groups is 1. The van der Waals surface area contributed by atoms with E-state index < -0.39 is 10.0 Å². The van der Waals surface area contributed by atoms with Crippen LogP contribution in [0.2, 0.25) is 0 Å². The highest BCUT2D eigenvalue weighted by molar-refractivity contribution is 9.10. The number of halogens is 1. The van der Waals surface area contributed by atoms with E-state index in [1.165, 1.54) is 10.6 Å². The number of hydrogen-bond donors (Lipinski definition) is 1. The molecule has 5 nitrogen and oxygen atoms in total. The minimum atomic E-state index is -3.42. The van der Waals surface area contributed by atoms with Gasteiger partial charge in [0.15, 0.2) is 0 Å². The van der Waals surface area contributed by atoms with Gasteiger partial charge in [0.25, 0.3) is 0 Å². The predicted octanol–water partition coefficient (Wildman–Crippen LogP) is 4.25. The molecule has 0 radical (unpaired) electrons. The van der Waals surface area contributed by atoms with Crippen molar-refractivity contribution in [3.63, 3.8) is 0 Å². The molecule has 0 atom stereocenters. The van der Waals surface area contributed by atoms with Crippen molar-refractivity contribution >= 4 is 43.2 Å². The highest BCUT2D eigenvalue weighted by atomic mass is 79.9. The normalized spacial score (nSPS) is 11.2. The van der Waals surface area contributed by atoms with E-state index in [-0.39, 0.29) is 18.9 Å². The zero-order valence-electron chi connectivity index (χ0n) is 15.1. The van der Waals surface area contributed by atoms with Gasteiger partial charge in [-0.3, -0.25) is 9.10 Å². The van der Waals surface area contributed by atoms with Crippen LogP contribution in [-0.4, -0.2) is 27.1 Å². The van der Waals surface area contributed by atoms with E-state index in [2.05, 4.69) is 21.2 Å². The van der Waals surface area contributed by atoms with Crippen LogP contribution in [0.15, 0.2) is 46.9 Å². The molecule has 140 valence electrons. The molecule has 7 heteroatoms. The summed E-state index contributed by atoms with van der Waals surface area (Å²) >= 11 is 3.38. The molecule has 0 aliphatic rings. The average Bonchev–Trinajstić information content (AvgIpc) is 2.51. The Morgan fingerprint density at radius 1 is 1.12 bits per heavy atom. The molecule has 26 heavy (non-hydrogen) atoms. The summed E-state index contributed by atoms with van der Waals surface area (Å²) in [5.41, 5.74) is 3.34. The molecular formula is C19H23BrN2O3S. The maximum atomic E-state index is 12.2. The van der Waals surface area contributed by atoms with Gasteiger partial charge in [0, 0.05) is 17.4 Å². The van der Waals surface area contributed by atoms with Gasteiger partial charge in [0.1, 0.15) is 0 Å². The third kappa shape index (κ3) is 5.85. The molecule has 0 aliphatic carbocycles. The zero-order valence-corrected chi connectivity index (χ0v) is 17.5. The number of anilines is 2. The first kappa shape index (κ1) is 20.5. The van der Waals surface area contributed by atoms with Crippen LogP contribution in [0.1, 0.15) is 24.0 Å². The Balaban J connectivity index is 2.02. The van der Waals surface area contributed by atoms with Gasteiger partial charge in [-0.05, 0) is 71.6 Å². The Labute approximate surface area is 163 Å². The fourth-order valence-corrected chi connectivity index (χ4v) is 4.07. The number of carbonyl (C=O) groups excluding carboxylic acids is 1. The van der Waals surface area contributed by atoms with E-state index in [0.717, 1.165) is 15.6 Å². The van der Waals surface area contributed by atoms with Gasteiger partial charge in [-0.2, -0.15) is 0 Å². The topological polar surface area (TPSA) is 66.5 Å². The lowest BCUT2D eigenvalue weighted by Crippen LogP contribution is -2.31. The highest BCUT2D eigenvalue weighted by Gasteiger charge is 2.18. The Morgan fingerprint density at radius 3 is 2.31 bits per heavy atom. The summed E-state index contributed by atoms with van der Waals surface area (Å²) in [5, 5.41) is 2.83. The van der Waals surface area contributed by atoms with Crippen LogP contribution in [0, 0.1) is 13.8 Å². The lowest BCUT2D eigenvalue weighted by atomic mass is 10.1. The fraction of sp³-hybridized carbons (Fsp3) is 0.316. The number of rotatable bonds is 7. The number of nitrogens with zero attached hydrogens (tertiary/aromatic N) is 1. The molecule has 0 aliphatic heterocycles. The molecule has 2 aromatic rings. The lowest BCUT2D eigenvalue weighted by Gasteiger charge is -2.23. The number of sulfonamides is 1. The largest absolute Gasteiger partial charge is 0.325 e. The van der Waals surface area contributed by atoms with Gasteiger partial charge in [-0.15, -0.1) is 0 Å². The maximum absolute atomic E-state index is 12.2. The van der Waals surface area contributed by atoms with Crippen molar-refractivity contribution in [1.29, 1.82) is 0 Å². The minimum absolute atomic E-state index is 0.147. The van der Waals surface area contributed by atoms with E-state index >= 15 is 0 Å². The quantitative estimate of drug-likeness (QED) is 0.702. The van der Waals surface area contributed by atoms with Crippen LogP contribution in [0.3, 0.4) is 0 Å². The second-order valence-corrected chi connectivity index (χ2v) is 9.07.